The number of anilines is 2. The minimum Gasteiger partial charge on any atom is -0.395 e. The Morgan fingerprint density at radius 3 is 2.63 bits per heavy atom. The first kappa shape index (κ1) is 26.8. The van der Waals surface area contributed by atoms with Gasteiger partial charge in [-0.1, -0.05) is 29.8 Å². The summed E-state index contributed by atoms with van der Waals surface area (Å²) in [7, 11) is 0. The molecule has 1 saturated heterocycles. The number of halogens is 6. The monoisotopic (exact) mass is 532 g/mol. The quantitative estimate of drug-likeness (QED) is 0.163. The van der Waals surface area contributed by atoms with Gasteiger partial charge < -0.3 is 20.6 Å². The van der Waals surface area contributed by atoms with E-state index >= 15 is 4.39 Å². The van der Waals surface area contributed by atoms with Gasteiger partial charge in [0, 0.05) is 42.1 Å². The number of rotatable bonds is 8. The number of nitrogens with zero attached hydrogens (tertiary/aromatic N) is 1. The highest BCUT2D eigenvalue weighted by molar-refractivity contribution is 6.42. The van der Waals surface area contributed by atoms with Gasteiger partial charge in [-0.05, 0) is 42.8 Å². The van der Waals surface area contributed by atoms with Gasteiger partial charge in [0.2, 0.25) is 5.91 Å². The summed E-state index contributed by atoms with van der Waals surface area (Å²) in [5, 5.41) is 22.5. The van der Waals surface area contributed by atoms with Crippen molar-refractivity contribution in [2.24, 2.45) is 0 Å². The van der Waals surface area contributed by atoms with Crippen LogP contribution in [0.15, 0.2) is 43.0 Å². The van der Waals surface area contributed by atoms with Crippen LogP contribution in [-0.2, 0) is 10.3 Å². The van der Waals surface area contributed by atoms with Crippen molar-refractivity contribution in [2.45, 2.75) is 18.1 Å². The highest BCUT2D eigenvalue weighted by Crippen LogP contribution is 2.43. The number of hydrogen-bond donors (Lipinski definition) is 4. The van der Waals surface area contributed by atoms with Crippen molar-refractivity contribution in [1.82, 2.24) is 4.90 Å². The molecule has 1 aliphatic heterocycles. The van der Waals surface area contributed by atoms with Crippen LogP contribution in [0.1, 0.15) is 17.5 Å². The minimum atomic E-state index is -4.89. The smallest absolute Gasteiger partial charge is 0.395 e. The van der Waals surface area contributed by atoms with Crippen LogP contribution in [0, 0.1) is 11.2 Å². The lowest BCUT2D eigenvalue weighted by atomic mass is 9.87. The number of alkyl halides is 3. The number of amides is 1. The second kappa shape index (κ2) is 10.4. The molecule has 12 heteroatoms. The summed E-state index contributed by atoms with van der Waals surface area (Å²) in [4.78, 5) is 13.7. The average molecular weight is 533 g/mol. The van der Waals surface area contributed by atoms with E-state index in [0.717, 1.165) is 18.2 Å². The van der Waals surface area contributed by atoms with Crippen LogP contribution < -0.4 is 10.6 Å². The normalized spacial score (nSPS) is 17.9. The fourth-order valence-electron chi connectivity index (χ4n) is 4.07. The Balaban J connectivity index is 2.10. The van der Waals surface area contributed by atoms with E-state index in [1.165, 1.54) is 23.1 Å². The molecule has 1 fully saturated rings. The lowest BCUT2D eigenvalue weighted by molar-refractivity contribution is -0.125. The van der Waals surface area contributed by atoms with E-state index in [-0.39, 0.29) is 65.6 Å². The fraction of sp³-hybridized carbons (Fsp3) is 0.304. The molecule has 1 heterocycles. The van der Waals surface area contributed by atoms with Crippen molar-refractivity contribution in [3.05, 3.63) is 70.0 Å². The molecular weight excluding hydrogens is 511 g/mol. The molecule has 0 spiro atoms. The summed E-state index contributed by atoms with van der Waals surface area (Å²) in [5.74, 6) is -1.06. The first-order valence-electron chi connectivity index (χ1n) is 10.4. The lowest BCUT2D eigenvalue weighted by Gasteiger charge is -2.34. The van der Waals surface area contributed by atoms with Crippen LogP contribution in [0.5, 0.6) is 0 Å². The van der Waals surface area contributed by atoms with Crippen LogP contribution in [0.4, 0.5) is 28.9 Å². The van der Waals surface area contributed by atoms with Crippen molar-refractivity contribution in [3.8, 4) is 0 Å². The number of carbonyl (C=O) groups excluding carboxylic acids is 1. The summed E-state index contributed by atoms with van der Waals surface area (Å²) in [6.07, 6.45) is -3.55. The summed E-state index contributed by atoms with van der Waals surface area (Å²) in [6, 6.07) is 6.18. The minimum absolute atomic E-state index is 0.0167. The zero-order chi connectivity index (χ0) is 26.0. The lowest BCUT2D eigenvalue weighted by Crippen LogP contribution is -2.41. The molecule has 2 aromatic carbocycles. The number of carbonyl (C=O) groups is 1. The Morgan fingerprint density at radius 2 is 2.00 bits per heavy atom. The van der Waals surface area contributed by atoms with E-state index in [1.54, 1.807) is 0 Å². The second-order valence-electron chi connectivity index (χ2n) is 7.92. The molecule has 1 aliphatic rings. The van der Waals surface area contributed by atoms with E-state index in [1.807, 2.05) is 0 Å². The molecule has 35 heavy (non-hydrogen) atoms. The Labute approximate surface area is 209 Å². The SMILES string of the molecule is C=CC(=O)N1CC[C@@](Nc2ccc(C(=N)C(F)(F)F)c(NCCO)c2)(c2c(F)ccc(Cl)c2Cl)C1. The van der Waals surface area contributed by atoms with Gasteiger partial charge in [-0.25, -0.2) is 4.39 Å². The van der Waals surface area contributed by atoms with E-state index in [9.17, 15) is 18.0 Å². The molecule has 2 aromatic rings. The molecule has 1 atom stereocenters. The van der Waals surface area contributed by atoms with Gasteiger partial charge in [-0.3, -0.25) is 10.2 Å². The molecule has 1 amide bonds. The van der Waals surface area contributed by atoms with Crippen LogP contribution >= 0.6 is 23.2 Å². The Bertz CT molecular complexity index is 1160. The van der Waals surface area contributed by atoms with Gasteiger partial charge in [0.1, 0.15) is 11.5 Å². The molecule has 0 saturated carbocycles. The number of likely N-dealkylation sites (tertiary alicyclic amines) is 1. The Kier molecular flexibility index (Phi) is 7.98. The molecule has 0 aromatic heterocycles. The summed E-state index contributed by atoms with van der Waals surface area (Å²) in [6.45, 7) is 3.26. The number of nitrogens with one attached hydrogen (secondary N) is 3. The molecule has 3 rings (SSSR count). The summed E-state index contributed by atoms with van der Waals surface area (Å²) in [5.41, 5.74) is -3.02. The summed E-state index contributed by atoms with van der Waals surface area (Å²) < 4.78 is 54.7. The molecule has 0 unspecified atom stereocenters. The van der Waals surface area contributed by atoms with Crippen LogP contribution in [0.2, 0.25) is 10.0 Å². The Hall–Kier alpha value is -2.82. The van der Waals surface area contributed by atoms with Crippen molar-refractivity contribution >= 4 is 46.2 Å². The Morgan fingerprint density at radius 1 is 1.29 bits per heavy atom. The largest absolute Gasteiger partial charge is 0.433 e. The first-order chi connectivity index (χ1) is 16.4. The third kappa shape index (κ3) is 5.55. The van der Waals surface area contributed by atoms with Crippen molar-refractivity contribution in [1.29, 1.82) is 5.41 Å². The van der Waals surface area contributed by atoms with E-state index < -0.39 is 28.8 Å². The van der Waals surface area contributed by atoms with Crippen LogP contribution in [0.25, 0.3) is 0 Å². The van der Waals surface area contributed by atoms with Gasteiger partial charge in [0.25, 0.3) is 0 Å². The van der Waals surface area contributed by atoms with Crippen molar-refractivity contribution < 1.29 is 27.5 Å². The number of benzene rings is 2. The van der Waals surface area contributed by atoms with E-state index in [0.29, 0.717) is 0 Å². The topological polar surface area (TPSA) is 88.5 Å². The second-order valence-corrected chi connectivity index (χ2v) is 8.71. The number of aliphatic hydroxyl groups is 1. The molecule has 6 nitrogen and oxygen atoms in total. The van der Waals surface area contributed by atoms with E-state index in [4.69, 9.17) is 33.7 Å². The maximum Gasteiger partial charge on any atom is 0.433 e. The molecule has 0 radical (unpaired) electrons. The molecular formula is C23H22Cl2F4N4O2. The van der Waals surface area contributed by atoms with Crippen molar-refractivity contribution in [3.63, 3.8) is 0 Å². The van der Waals surface area contributed by atoms with Gasteiger partial charge in [0.15, 0.2) is 0 Å². The van der Waals surface area contributed by atoms with Gasteiger partial charge in [-0.2, -0.15) is 13.2 Å². The highest BCUT2D eigenvalue weighted by Gasteiger charge is 2.45. The predicted octanol–water partition coefficient (Wildman–Crippen LogP) is 5.19. The van der Waals surface area contributed by atoms with Crippen LogP contribution in [0.3, 0.4) is 0 Å². The predicted molar refractivity (Wildman–Crippen MR) is 128 cm³/mol. The zero-order valence-electron chi connectivity index (χ0n) is 18.3. The van der Waals surface area contributed by atoms with Gasteiger partial charge in [-0.15, -0.1) is 0 Å². The highest BCUT2D eigenvalue weighted by atomic mass is 35.5. The molecule has 188 valence electrons. The summed E-state index contributed by atoms with van der Waals surface area (Å²) >= 11 is 12.5. The standard InChI is InChI=1S/C23H22Cl2F4N4O2/c1-2-18(35)33-9-7-22(12-33,19-16(26)6-5-15(24)20(19)25)32-13-3-4-14(21(30)23(27,28)29)17(11-13)31-8-10-34/h2-6,11,30-32,34H,1,7-10,12H2/t22-/m0/s1. The average Bonchev–Trinajstić information content (AvgIpc) is 3.23. The fourth-order valence-corrected chi connectivity index (χ4v) is 4.56. The zero-order valence-corrected chi connectivity index (χ0v) is 19.8. The maximum atomic E-state index is 15.1. The molecule has 4 N–H and O–H groups in total. The third-order valence-electron chi connectivity index (χ3n) is 5.66. The molecule has 0 aliphatic carbocycles. The first-order valence-corrected chi connectivity index (χ1v) is 11.2. The molecule has 0 bridgehead atoms. The van der Waals surface area contributed by atoms with Crippen molar-refractivity contribution in [2.75, 3.05) is 36.9 Å². The third-order valence-corrected chi connectivity index (χ3v) is 6.47. The van der Waals surface area contributed by atoms with Crippen LogP contribution in [-0.4, -0.2) is 54.0 Å². The van der Waals surface area contributed by atoms with Gasteiger partial charge in [0.05, 0.1) is 22.2 Å². The number of hydrogen-bond acceptors (Lipinski definition) is 5. The van der Waals surface area contributed by atoms with E-state index in [2.05, 4.69) is 17.2 Å². The number of aliphatic hydroxyl groups excluding tert-OH is 1. The van der Waals surface area contributed by atoms with Gasteiger partial charge >= 0.3 is 6.18 Å². The maximum absolute atomic E-state index is 15.1.